The molecular weight excluding hydrogens is 399 g/mol. The highest BCUT2D eigenvalue weighted by Gasteiger charge is 2.61. The van der Waals surface area contributed by atoms with Crippen molar-refractivity contribution in [3.63, 3.8) is 0 Å². The van der Waals surface area contributed by atoms with E-state index in [9.17, 15) is 23.1 Å². The standard InChI is InChI=1S/C17H17ClF3N5O2/c18-10-1-2-11(22-8-10)26-5-3-9(4-6-26)14-13-15(25-24-14)23-12(27)7-16(13,28)17(19,20)21/h1-2,8-9,28H,3-7H2,(H2,23,24,25,27)/t16-/m0/s1. The number of piperidine rings is 1. The van der Waals surface area contributed by atoms with Crippen molar-refractivity contribution in [2.45, 2.75) is 37.0 Å². The van der Waals surface area contributed by atoms with E-state index in [-0.39, 0.29) is 23.0 Å². The van der Waals surface area contributed by atoms with Crippen LogP contribution >= 0.6 is 11.6 Å². The number of hydrogen-bond acceptors (Lipinski definition) is 5. The molecule has 28 heavy (non-hydrogen) atoms. The van der Waals surface area contributed by atoms with Gasteiger partial charge >= 0.3 is 6.18 Å². The molecule has 2 aromatic heterocycles. The van der Waals surface area contributed by atoms with Crippen LogP contribution in [0.5, 0.6) is 0 Å². The highest BCUT2D eigenvalue weighted by Crippen LogP contribution is 2.49. The maximum absolute atomic E-state index is 13.6. The van der Waals surface area contributed by atoms with Crippen LogP contribution in [0.15, 0.2) is 18.3 Å². The van der Waals surface area contributed by atoms with Crippen molar-refractivity contribution in [2.24, 2.45) is 0 Å². The smallest absolute Gasteiger partial charge is 0.376 e. The van der Waals surface area contributed by atoms with Gasteiger partial charge in [-0.1, -0.05) is 11.6 Å². The first-order chi connectivity index (χ1) is 13.2. The van der Waals surface area contributed by atoms with Crippen molar-refractivity contribution < 1.29 is 23.1 Å². The molecule has 2 aliphatic heterocycles. The first-order valence-corrected chi connectivity index (χ1v) is 9.11. The van der Waals surface area contributed by atoms with Gasteiger partial charge < -0.3 is 15.3 Å². The first-order valence-electron chi connectivity index (χ1n) is 8.73. The van der Waals surface area contributed by atoms with Crippen LogP contribution in [0.3, 0.4) is 0 Å². The predicted molar refractivity (Wildman–Crippen MR) is 95.2 cm³/mol. The van der Waals surface area contributed by atoms with E-state index in [0.717, 1.165) is 5.82 Å². The number of rotatable bonds is 2. The van der Waals surface area contributed by atoms with Gasteiger partial charge in [0.1, 0.15) is 5.82 Å². The molecular formula is C17H17ClF3N5O2. The number of amides is 1. The third-order valence-electron chi connectivity index (χ3n) is 5.29. The predicted octanol–water partition coefficient (Wildman–Crippen LogP) is 2.93. The fourth-order valence-electron chi connectivity index (χ4n) is 3.85. The lowest BCUT2D eigenvalue weighted by Gasteiger charge is -2.37. The fraction of sp³-hybridized carbons (Fsp3) is 0.471. The van der Waals surface area contributed by atoms with E-state index in [0.29, 0.717) is 31.0 Å². The summed E-state index contributed by atoms with van der Waals surface area (Å²) < 4.78 is 40.9. The molecule has 0 aliphatic carbocycles. The lowest BCUT2D eigenvalue weighted by molar-refractivity contribution is -0.267. The summed E-state index contributed by atoms with van der Waals surface area (Å²) in [6.45, 7) is 1.15. The number of carbonyl (C=O) groups is 1. The third-order valence-corrected chi connectivity index (χ3v) is 5.51. The molecule has 1 atom stereocenters. The largest absolute Gasteiger partial charge is 0.422 e. The van der Waals surface area contributed by atoms with E-state index in [1.165, 1.54) is 0 Å². The van der Waals surface area contributed by atoms with Gasteiger partial charge in [0, 0.05) is 30.9 Å². The summed E-state index contributed by atoms with van der Waals surface area (Å²) in [6, 6.07) is 3.52. The Morgan fingerprint density at radius 1 is 1.29 bits per heavy atom. The van der Waals surface area contributed by atoms with Gasteiger partial charge in [0.15, 0.2) is 11.4 Å². The number of pyridine rings is 1. The molecule has 3 N–H and O–H groups in total. The number of halogens is 4. The maximum Gasteiger partial charge on any atom is 0.422 e. The highest BCUT2D eigenvalue weighted by atomic mass is 35.5. The minimum Gasteiger partial charge on any atom is -0.376 e. The van der Waals surface area contributed by atoms with Crippen molar-refractivity contribution in [1.29, 1.82) is 0 Å². The number of aromatic nitrogens is 3. The van der Waals surface area contributed by atoms with Crippen molar-refractivity contribution in [3.05, 3.63) is 34.6 Å². The van der Waals surface area contributed by atoms with E-state index < -0.39 is 24.1 Å². The van der Waals surface area contributed by atoms with E-state index in [1.807, 2.05) is 4.90 Å². The summed E-state index contributed by atoms with van der Waals surface area (Å²) in [7, 11) is 0. The second kappa shape index (κ2) is 6.63. The normalized spacial score (nSPS) is 23.5. The zero-order chi connectivity index (χ0) is 20.1. The summed E-state index contributed by atoms with van der Waals surface area (Å²) in [5.74, 6) is -0.695. The second-order valence-electron chi connectivity index (χ2n) is 7.04. The molecule has 2 aromatic rings. The van der Waals surface area contributed by atoms with Crippen LogP contribution in [0.25, 0.3) is 0 Å². The number of H-pyrrole nitrogens is 1. The zero-order valence-electron chi connectivity index (χ0n) is 14.6. The number of aliphatic hydroxyl groups is 1. The van der Waals surface area contributed by atoms with Crippen LogP contribution in [-0.2, 0) is 10.4 Å². The van der Waals surface area contributed by atoms with E-state index in [4.69, 9.17) is 11.6 Å². The van der Waals surface area contributed by atoms with Crippen LogP contribution < -0.4 is 10.2 Å². The van der Waals surface area contributed by atoms with Gasteiger partial charge in [-0.05, 0) is 25.0 Å². The Morgan fingerprint density at radius 3 is 2.61 bits per heavy atom. The summed E-state index contributed by atoms with van der Waals surface area (Å²) in [6.07, 6.45) is -3.45. The van der Waals surface area contributed by atoms with Crippen molar-refractivity contribution in [1.82, 2.24) is 15.2 Å². The summed E-state index contributed by atoms with van der Waals surface area (Å²) >= 11 is 5.84. The Balaban J connectivity index is 1.59. The number of aromatic amines is 1. The van der Waals surface area contributed by atoms with Crippen LogP contribution in [-0.4, -0.2) is 45.5 Å². The van der Waals surface area contributed by atoms with Crippen LogP contribution in [0.2, 0.25) is 5.02 Å². The third kappa shape index (κ3) is 3.10. The molecule has 1 fully saturated rings. The molecule has 11 heteroatoms. The van der Waals surface area contributed by atoms with E-state index >= 15 is 0 Å². The van der Waals surface area contributed by atoms with Crippen molar-refractivity contribution in [2.75, 3.05) is 23.3 Å². The molecule has 4 heterocycles. The first kappa shape index (κ1) is 19.0. The summed E-state index contributed by atoms with van der Waals surface area (Å²) in [5.41, 5.74) is -3.40. The minimum atomic E-state index is -4.99. The summed E-state index contributed by atoms with van der Waals surface area (Å²) in [5, 5.41) is 19.7. The average Bonchev–Trinajstić information content (AvgIpc) is 3.06. The molecule has 7 nitrogen and oxygen atoms in total. The monoisotopic (exact) mass is 415 g/mol. The number of alkyl halides is 3. The second-order valence-corrected chi connectivity index (χ2v) is 7.48. The number of nitrogens with one attached hydrogen (secondary N) is 2. The molecule has 1 saturated heterocycles. The lowest BCUT2D eigenvalue weighted by Crippen LogP contribution is -2.48. The Morgan fingerprint density at radius 2 is 2.00 bits per heavy atom. The van der Waals surface area contributed by atoms with Gasteiger partial charge in [-0.25, -0.2) is 4.98 Å². The van der Waals surface area contributed by atoms with Gasteiger partial charge in [-0.2, -0.15) is 18.3 Å². The van der Waals surface area contributed by atoms with E-state index in [2.05, 4.69) is 20.5 Å². The number of carbonyl (C=O) groups excluding carboxylic acids is 1. The minimum absolute atomic E-state index is 0.221. The zero-order valence-corrected chi connectivity index (χ0v) is 15.3. The molecule has 0 saturated carbocycles. The van der Waals surface area contributed by atoms with Crippen LogP contribution in [0.1, 0.15) is 36.4 Å². The Kier molecular flexibility index (Phi) is 4.50. The molecule has 0 bridgehead atoms. The molecule has 0 aromatic carbocycles. The number of anilines is 2. The number of nitrogens with zero attached hydrogens (tertiary/aromatic N) is 3. The van der Waals surface area contributed by atoms with E-state index in [1.54, 1.807) is 18.3 Å². The number of hydrogen-bond donors (Lipinski definition) is 3. The average molecular weight is 416 g/mol. The summed E-state index contributed by atoms with van der Waals surface area (Å²) in [4.78, 5) is 17.9. The maximum atomic E-state index is 13.6. The Labute approximate surface area is 162 Å². The molecule has 2 aliphatic rings. The SMILES string of the molecule is O=C1C[C@@](O)(C(F)(F)F)c2c(n[nH]c2C2CCN(c3ccc(Cl)cn3)CC2)N1. The fourth-order valence-corrected chi connectivity index (χ4v) is 3.96. The molecule has 0 spiro atoms. The lowest BCUT2D eigenvalue weighted by atomic mass is 9.81. The molecule has 0 unspecified atom stereocenters. The topological polar surface area (TPSA) is 94.1 Å². The Bertz CT molecular complexity index is 893. The van der Waals surface area contributed by atoms with Crippen molar-refractivity contribution >= 4 is 29.1 Å². The van der Waals surface area contributed by atoms with Gasteiger partial charge in [-0.15, -0.1) is 0 Å². The highest BCUT2D eigenvalue weighted by molar-refractivity contribution is 6.30. The van der Waals surface area contributed by atoms with Gasteiger partial charge in [0.25, 0.3) is 0 Å². The van der Waals surface area contributed by atoms with Crippen LogP contribution in [0, 0.1) is 0 Å². The molecule has 4 rings (SSSR count). The molecule has 0 radical (unpaired) electrons. The van der Waals surface area contributed by atoms with Gasteiger partial charge in [0.2, 0.25) is 5.91 Å². The van der Waals surface area contributed by atoms with Gasteiger partial charge in [0.05, 0.1) is 17.0 Å². The van der Waals surface area contributed by atoms with Crippen LogP contribution in [0.4, 0.5) is 24.8 Å². The van der Waals surface area contributed by atoms with Gasteiger partial charge in [-0.3, -0.25) is 9.89 Å². The van der Waals surface area contributed by atoms with Crippen molar-refractivity contribution in [3.8, 4) is 0 Å². The quantitative estimate of drug-likeness (QED) is 0.701. The molecule has 1 amide bonds. The Hall–Kier alpha value is -2.33. The molecule has 150 valence electrons. The number of fused-ring (bicyclic) bond motifs is 1.